The number of hydrogen-bond donors (Lipinski definition) is 2. The maximum Gasteiger partial charge on any atom is 0.472 e. The van der Waals surface area contributed by atoms with Crippen LogP contribution in [-0.4, -0.2) is 66.5 Å². The summed E-state index contributed by atoms with van der Waals surface area (Å²) in [5, 5.41) is 10.3. The largest absolute Gasteiger partial charge is 0.472 e. The van der Waals surface area contributed by atoms with Crippen molar-refractivity contribution in [3.63, 3.8) is 0 Å². The van der Waals surface area contributed by atoms with E-state index in [0.717, 1.165) is 88.9 Å². The second kappa shape index (κ2) is 49.1. The molecule has 0 aliphatic heterocycles. The lowest BCUT2D eigenvalue weighted by molar-refractivity contribution is -0.161. The highest BCUT2D eigenvalue weighted by atomic mass is 31.2. The first-order valence-electron chi connectivity index (χ1n) is 30.1. The van der Waals surface area contributed by atoms with Gasteiger partial charge in [-0.05, 0) is 63.2 Å². The Hall–Kier alpha value is -1.78. The van der Waals surface area contributed by atoms with E-state index in [-0.39, 0.29) is 32.5 Å². The van der Waals surface area contributed by atoms with Crippen LogP contribution >= 0.6 is 7.82 Å². The molecule has 1 aliphatic rings. The highest BCUT2D eigenvalue weighted by Gasteiger charge is 2.35. The molecular formula is C59H111O11P. The van der Waals surface area contributed by atoms with Gasteiger partial charge in [0.05, 0.1) is 13.2 Å². The lowest BCUT2D eigenvalue weighted by Gasteiger charge is -2.20. The van der Waals surface area contributed by atoms with E-state index in [1.54, 1.807) is 0 Å². The van der Waals surface area contributed by atoms with Crippen LogP contribution < -0.4 is 0 Å². The van der Waals surface area contributed by atoms with Gasteiger partial charge in [0, 0.05) is 19.3 Å². The van der Waals surface area contributed by atoms with Crippen molar-refractivity contribution in [2.45, 2.75) is 309 Å². The number of carbonyl (C=O) groups is 3. The van der Waals surface area contributed by atoms with Gasteiger partial charge in [-0.3, -0.25) is 23.4 Å². The minimum absolute atomic E-state index is 0.181. The van der Waals surface area contributed by atoms with Gasteiger partial charge in [-0.15, -0.1) is 0 Å². The van der Waals surface area contributed by atoms with Crippen molar-refractivity contribution in [3.8, 4) is 0 Å². The van der Waals surface area contributed by atoms with Gasteiger partial charge in [-0.2, -0.15) is 0 Å². The summed E-state index contributed by atoms with van der Waals surface area (Å²) in [4.78, 5) is 48.2. The fraction of sp³-hybridized carbons (Fsp3) is 0.915. The number of hydrogen-bond acceptors (Lipinski definition) is 10. The number of carbonyl (C=O) groups excluding carboxylic acids is 3. The van der Waals surface area contributed by atoms with E-state index in [0.29, 0.717) is 19.3 Å². The molecule has 0 amide bonds. The van der Waals surface area contributed by atoms with Crippen LogP contribution in [0.4, 0.5) is 0 Å². The van der Waals surface area contributed by atoms with Gasteiger partial charge in [0.2, 0.25) is 0 Å². The SMILES string of the molecule is CCCCCC/C=C\CCCCCCCC(=O)OC[C@H](COP(=O)(O)OC[C@@H](O)COC(=O)CCCCCCCCCCCCCCC)OC(=O)CCCCCCCC1CC1CCCCCCCCCC. The zero-order valence-corrected chi connectivity index (χ0v) is 47.1. The number of phosphoric ester groups is 1. The molecule has 0 aromatic heterocycles. The first-order chi connectivity index (χ1) is 34.6. The van der Waals surface area contributed by atoms with E-state index < -0.39 is 51.2 Å². The van der Waals surface area contributed by atoms with Crippen LogP contribution in [0.3, 0.4) is 0 Å². The Morgan fingerprint density at radius 1 is 0.451 bits per heavy atom. The van der Waals surface area contributed by atoms with Crippen LogP contribution in [0.5, 0.6) is 0 Å². The summed E-state index contributed by atoms with van der Waals surface area (Å²) in [6.07, 6.45) is 50.8. The molecule has 3 unspecified atom stereocenters. The lowest BCUT2D eigenvalue weighted by Crippen LogP contribution is -2.30. The topological polar surface area (TPSA) is 155 Å². The van der Waals surface area contributed by atoms with E-state index in [1.807, 2.05) is 0 Å². The molecule has 0 aromatic rings. The lowest BCUT2D eigenvalue weighted by atomic mass is 10.0. The maximum atomic E-state index is 12.9. The number of aliphatic hydroxyl groups excluding tert-OH is 1. The summed E-state index contributed by atoms with van der Waals surface area (Å²) in [6.45, 7) is 4.86. The molecule has 5 atom stereocenters. The molecule has 11 nitrogen and oxygen atoms in total. The minimum Gasteiger partial charge on any atom is -0.463 e. The third-order valence-electron chi connectivity index (χ3n) is 14.1. The monoisotopic (exact) mass is 1030 g/mol. The fourth-order valence-corrected chi connectivity index (χ4v) is 10.2. The van der Waals surface area contributed by atoms with Crippen molar-refractivity contribution in [2.24, 2.45) is 11.8 Å². The first-order valence-corrected chi connectivity index (χ1v) is 31.5. The van der Waals surface area contributed by atoms with Gasteiger partial charge in [0.15, 0.2) is 6.10 Å². The Labute approximate surface area is 435 Å². The van der Waals surface area contributed by atoms with E-state index in [1.165, 1.54) is 161 Å². The molecule has 418 valence electrons. The van der Waals surface area contributed by atoms with Gasteiger partial charge in [0.25, 0.3) is 0 Å². The molecule has 0 radical (unpaired) electrons. The summed E-state index contributed by atoms with van der Waals surface area (Å²) in [5.74, 6) is 0.488. The molecule has 0 bridgehead atoms. The zero-order chi connectivity index (χ0) is 51.7. The molecule has 1 aliphatic carbocycles. The number of esters is 3. The van der Waals surface area contributed by atoms with Crippen molar-refractivity contribution >= 4 is 25.7 Å². The van der Waals surface area contributed by atoms with Crippen LogP contribution in [0.1, 0.15) is 297 Å². The number of ether oxygens (including phenoxy) is 3. The van der Waals surface area contributed by atoms with Crippen molar-refractivity contribution in [1.29, 1.82) is 0 Å². The Morgan fingerprint density at radius 2 is 0.789 bits per heavy atom. The minimum atomic E-state index is -4.72. The van der Waals surface area contributed by atoms with Crippen LogP contribution in [-0.2, 0) is 42.2 Å². The van der Waals surface area contributed by atoms with Gasteiger partial charge >= 0.3 is 25.7 Å². The summed E-state index contributed by atoms with van der Waals surface area (Å²) >= 11 is 0. The van der Waals surface area contributed by atoms with E-state index >= 15 is 0 Å². The molecule has 1 fully saturated rings. The predicted octanol–water partition coefficient (Wildman–Crippen LogP) is 17.1. The number of phosphoric acid groups is 1. The first kappa shape index (κ1) is 67.2. The number of allylic oxidation sites excluding steroid dienone is 2. The van der Waals surface area contributed by atoms with Crippen LogP contribution in [0, 0.1) is 11.8 Å². The Bertz CT molecular complexity index is 1310. The summed E-state index contributed by atoms with van der Waals surface area (Å²) in [7, 11) is -4.72. The van der Waals surface area contributed by atoms with Crippen molar-refractivity contribution in [2.75, 3.05) is 26.4 Å². The van der Waals surface area contributed by atoms with Gasteiger partial charge in [0.1, 0.15) is 19.3 Å². The number of aliphatic hydroxyl groups is 1. The average molecular weight is 1030 g/mol. The van der Waals surface area contributed by atoms with E-state index in [4.69, 9.17) is 23.3 Å². The summed E-state index contributed by atoms with van der Waals surface area (Å²) in [5.41, 5.74) is 0. The molecule has 1 rings (SSSR count). The molecule has 0 heterocycles. The molecule has 0 saturated heterocycles. The second-order valence-corrected chi connectivity index (χ2v) is 22.6. The Balaban J connectivity index is 2.38. The quantitative estimate of drug-likeness (QED) is 0.0197. The third kappa shape index (κ3) is 46.5. The molecule has 71 heavy (non-hydrogen) atoms. The normalized spacial score (nSPS) is 16.2. The molecule has 1 saturated carbocycles. The van der Waals surface area contributed by atoms with Crippen molar-refractivity contribution in [1.82, 2.24) is 0 Å². The molecule has 0 aromatic carbocycles. The van der Waals surface area contributed by atoms with Gasteiger partial charge in [-0.25, -0.2) is 4.57 Å². The second-order valence-electron chi connectivity index (χ2n) is 21.1. The van der Waals surface area contributed by atoms with Crippen molar-refractivity contribution in [3.05, 3.63) is 12.2 Å². The highest BCUT2D eigenvalue weighted by Crippen LogP contribution is 2.46. The number of rotatable bonds is 55. The van der Waals surface area contributed by atoms with Crippen LogP contribution in [0.25, 0.3) is 0 Å². The maximum absolute atomic E-state index is 12.9. The Kier molecular flexibility index (Phi) is 46.5. The summed E-state index contributed by atoms with van der Waals surface area (Å²) < 4.78 is 39.2. The number of unbranched alkanes of at least 4 members (excludes halogenated alkanes) is 32. The van der Waals surface area contributed by atoms with Gasteiger partial charge < -0.3 is 24.2 Å². The van der Waals surface area contributed by atoms with Gasteiger partial charge in [-0.1, -0.05) is 238 Å². The standard InChI is InChI=1S/C59H111O11P/c1-4-7-10-13-16-19-21-23-25-27-30-35-40-45-57(61)66-49-55(60)50-68-71(64,65)69-52-56(51-67-58(62)46-41-36-31-28-26-24-22-20-17-14-11-8-5-2)70-59(63)47-42-37-32-34-39-44-54-48-53(54)43-38-33-29-18-15-12-9-6-3/h20,22,53-56,60H,4-19,21,23-52H2,1-3H3,(H,64,65)/b22-20-/t53?,54?,55-,56+/m0/s1. The van der Waals surface area contributed by atoms with E-state index in [2.05, 4.69) is 32.9 Å². The molecule has 12 heteroatoms. The average Bonchev–Trinajstić information content (AvgIpc) is 4.12. The predicted molar refractivity (Wildman–Crippen MR) is 291 cm³/mol. The molecular weight excluding hydrogens is 916 g/mol. The highest BCUT2D eigenvalue weighted by molar-refractivity contribution is 7.47. The Morgan fingerprint density at radius 3 is 1.23 bits per heavy atom. The third-order valence-corrected chi connectivity index (χ3v) is 15.0. The molecule has 0 spiro atoms. The zero-order valence-electron chi connectivity index (χ0n) is 46.2. The van der Waals surface area contributed by atoms with Crippen LogP contribution in [0.15, 0.2) is 12.2 Å². The fourth-order valence-electron chi connectivity index (χ4n) is 9.36. The van der Waals surface area contributed by atoms with Crippen molar-refractivity contribution < 1.29 is 52.2 Å². The van der Waals surface area contributed by atoms with E-state index in [9.17, 15) is 28.9 Å². The molecule has 2 N–H and O–H groups in total. The smallest absolute Gasteiger partial charge is 0.463 e. The summed E-state index contributed by atoms with van der Waals surface area (Å²) in [6, 6.07) is 0. The van der Waals surface area contributed by atoms with Crippen LogP contribution in [0.2, 0.25) is 0 Å².